The molecular formula is C49H54N2O5S2. The van der Waals surface area contributed by atoms with Gasteiger partial charge in [0.2, 0.25) is 0 Å². The van der Waals surface area contributed by atoms with Gasteiger partial charge < -0.3 is 29.1 Å². The molecule has 4 aromatic carbocycles. The van der Waals surface area contributed by atoms with Crippen LogP contribution in [0.3, 0.4) is 0 Å². The fraction of sp³-hybridized carbons (Fsp3) is 0.245. The molecule has 2 aromatic heterocycles. The fourth-order valence-electron chi connectivity index (χ4n) is 5.53. The van der Waals surface area contributed by atoms with E-state index in [9.17, 15) is 9.90 Å². The van der Waals surface area contributed by atoms with Gasteiger partial charge in [-0.25, -0.2) is 0 Å². The van der Waals surface area contributed by atoms with Gasteiger partial charge in [0.15, 0.2) is 0 Å². The summed E-state index contributed by atoms with van der Waals surface area (Å²) >= 11 is 3.41. The Morgan fingerprint density at radius 2 is 1.09 bits per heavy atom. The second-order valence-electron chi connectivity index (χ2n) is 14.6. The van der Waals surface area contributed by atoms with E-state index in [1.54, 1.807) is 22.7 Å². The van der Waals surface area contributed by atoms with Crippen LogP contribution in [0, 0.1) is 5.41 Å². The number of nitrogens with zero attached hydrogens (tertiary/aromatic N) is 2. The molecule has 0 saturated carbocycles. The predicted octanol–water partition coefficient (Wildman–Crippen LogP) is 11.4. The van der Waals surface area contributed by atoms with Crippen molar-refractivity contribution < 1.29 is 24.1 Å². The summed E-state index contributed by atoms with van der Waals surface area (Å²) in [5.41, 5.74) is 5.85. The number of esters is 1. The lowest BCUT2D eigenvalue weighted by Crippen LogP contribution is -2.28. The van der Waals surface area contributed by atoms with Gasteiger partial charge in [0, 0.05) is 65.0 Å². The van der Waals surface area contributed by atoms with Crippen molar-refractivity contribution in [2.24, 2.45) is 5.41 Å². The van der Waals surface area contributed by atoms with E-state index in [0.717, 1.165) is 45.1 Å². The van der Waals surface area contributed by atoms with Crippen LogP contribution in [0.2, 0.25) is 0 Å². The van der Waals surface area contributed by atoms with Crippen LogP contribution in [0.15, 0.2) is 132 Å². The van der Waals surface area contributed by atoms with E-state index < -0.39 is 5.41 Å². The fourth-order valence-corrected chi connectivity index (χ4v) is 6.77. The highest BCUT2D eigenvalue weighted by molar-refractivity contribution is 7.11. The Kier molecular flexibility index (Phi) is 16.8. The van der Waals surface area contributed by atoms with Crippen LogP contribution in [-0.2, 0) is 22.7 Å². The summed E-state index contributed by atoms with van der Waals surface area (Å²) in [6.45, 7) is 8.24. The number of hydrogen-bond donors (Lipinski definition) is 1. The molecule has 0 atom stereocenters. The molecule has 0 radical (unpaired) electrons. The number of anilines is 2. The molecule has 7 nitrogen and oxygen atoms in total. The first kappa shape index (κ1) is 43.5. The summed E-state index contributed by atoms with van der Waals surface area (Å²) in [6, 6.07) is 40.9. The summed E-state index contributed by atoms with van der Waals surface area (Å²) < 4.78 is 17.8. The van der Waals surface area contributed by atoms with Crippen molar-refractivity contribution in [3.63, 3.8) is 0 Å². The van der Waals surface area contributed by atoms with Crippen LogP contribution in [0.5, 0.6) is 11.5 Å². The number of aliphatic hydroxyl groups excluding tert-OH is 1. The Bertz CT molecular complexity index is 2160. The Morgan fingerprint density at radius 1 is 0.621 bits per heavy atom. The van der Waals surface area contributed by atoms with E-state index in [-0.39, 0.29) is 12.6 Å². The third kappa shape index (κ3) is 14.1. The number of ether oxygens (including phenoxy) is 3. The minimum Gasteiger partial charge on any atom is -0.488 e. The number of benzene rings is 4. The molecule has 0 aliphatic rings. The summed E-state index contributed by atoms with van der Waals surface area (Å²) in [7, 11) is 3.95. The van der Waals surface area contributed by atoms with Crippen LogP contribution in [-0.4, -0.2) is 51.5 Å². The molecule has 1 N–H and O–H groups in total. The molecule has 0 fully saturated rings. The van der Waals surface area contributed by atoms with E-state index in [4.69, 9.17) is 14.2 Å². The number of likely N-dealkylation sites (N-methyl/N-ethyl adjacent to an activating group) is 2. The molecule has 6 rings (SSSR count). The summed E-state index contributed by atoms with van der Waals surface area (Å²) in [4.78, 5) is 18.5. The predicted molar refractivity (Wildman–Crippen MR) is 245 cm³/mol. The number of carbonyl (C=O) groups excluding carboxylic acids is 1. The van der Waals surface area contributed by atoms with Gasteiger partial charge in [0.1, 0.15) is 31.3 Å². The third-order valence-electron chi connectivity index (χ3n) is 9.00. The first-order valence-electron chi connectivity index (χ1n) is 19.3. The van der Waals surface area contributed by atoms with Gasteiger partial charge in [-0.3, -0.25) is 4.79 Å². The number of carbonyl (C=O) groups is 1. The second kappa shape index (κ2) is 22.4. The third-order valence-corrected chi connectivity index (χ3v) is 10.7. The van der Waals surface area contributed by atoms with Gasteiger partial charge in [-0.15, -0.1) is 22.7 Å². The normalized spacial score (nSPS) is 11.3. The lowest BCUT2D eigenvalue weighted by atomic mass is 9.97. The van der Waals surface area contributed by atoms with Crippen molar-refractivity contribution in [3.8, 4) is 11.5 Å². The Morgan fingerprint density at radius 3 is 1.50 bits per heavy atom. The van der Waals surface area contributed by atoms with Gasteiger partial charge >= 0.3 is 5.97 Å². The zero-order chi connectivity index (χ0) is 41.2. The smallest absolute Gasteiger partial charge is 0.311 e. The molecule has 302 valence electrons. The molecule has 0 saturated heterocycles. The van der Waals surface area contributed by atoms with Gasteiger partial charge in [0.25, 0.3) is 0 Å². The SMILES string of the molecule is CN(CCO)c1ccc(/C=C/c2cccs2)c(OCc2ccccc2)c1.CN(CCOC(=O)C(C)(C)C)c1ccc(/C=C/c2cccs2)c(OCc2ccccc2)c1. The molecule has 0 bridgehead atoms. The monoisotopic (exact) mass is 814 g/mol. The molecule has 58 heavy (non-hydrogen) atoms. The van der Waals surface area contributed by atoms with Crippen molar-refractivity contribution in [2.45, 2.75) is 34.0 Å². The topological polar surface area (TPSA) is 71.5 Å². The van der Waals surface area contributed by atoms with Crippen molar-refractivity contribution in [2.75, 3.05) is 50.2 Å². The van der Waals surface area contributed by atoms with Crippen LogP contribution < -0.4 is 19.3 Å². The van der Waals surface area contributed by atoms with Crippen molar-refractivity contribution in [1.82, 2.24) is 0 Å². The Balaban J connectivity index is 0.000000226. The lowest BCUT2D eigenvalue weighted by Gasteiger charge is -2.22. The summed E-state index contributed by atoms with van der Waals surface area (Å²) in [5.74, 6) is 1.47. The van der Waals surface area contributed by atoms with E-state index in [1.165, 1.54) is 9.75 Å². The number of rotatable bonds is 17. The number of thiophene rings is 2. The van der Waals surface area contributed by atoms with Crippen LogP contribution in [0.1, 0.15) is 52.8 Å². The van der Waals surface area contributed by atoms with Gasteiger partial charge in [0.05, 0.1) is 18.6 Å². The van der Waals surface area contributed by atoms with Crippen molar-refractivity contribution in [1.29, 1.82) is 0 Å². The lowest BCUT2D eigenvalue weighted by molar-refractivity contribution is -0.152. The maximum atomic E-state index is 12.0. The van der Waals surface area contributed by atoms with Crippen molar-refractivity contribution >= 4 is 64.3 Å². The quantitative estimate of drug-likeness (QED) is 0.0920. The van der Waals surface area contributed by atoms with Crippen LogP contribution in [0.25, 0.3) is 24.3 Å². The highest BCUT2D eigenvalue weighted by Crippen LogP contribution is 2.30. The van der Waals surface area contributed by atoms with Gasteiger partial charge in [-0.05, 0) is 103 Å². The van der Waals surface area contributed by atoms with Crippen LogP contribution >= 0.6 is 22.7 Å². The molecule has 9 heteroatoms. The molecule has 0 amide bonds. The molecule has 0 unspecified atom stereocenters. The second-order valence-corrected chi connectivity index (χ2v) is 16.6. The zero-order valence-electron chi connectivity index (χ0n) is 34.0. The first-order chi connectivity index (χ1) is 28.1. The molecule has 2 heterocycles. The highest BCUT2D eigenvalue weighted by Gasteiger charge is 2.23. The maximum Gasteiger partial charge on any atom is 0.311 e. The van der Waals surface area contributed by atoms with Gasteiger partial charge in [-0.1, -0.05) is 72.8 Å². The van der Waals surface area contributed by atoms with E-state index in [2.05, 4.69) is 101 Å². The Labute approximate surface area is 352 Å². The minimum atomic E-state index is -0.492. The van der Waals surface area contributed by atoms with Gasteiger partial charge in [-0.2, -0.15) is 0 Å². The standard InChI is InChI=1S/C27H31NO3S.C22H23NO2S/c1-27(2,3)26(29)30-17-16-28(4)23-14-12-22(13-15-24-11-8-18-32-24)25(19-23)31-20-21-9-6-5-7-10-21;1-23(13-14-24)20-11-9-19(10-12-21-8-5-15-26-21)22(16-20)25-17-18-6-3-2-4-7-18/h5-15,18-19H,16-17,20H2,1-4H3;2-12,15-16,24H,13-14,17H2,1H3/b15-13+;12-10+. The maximum absolute atomic E-state index is 12.0. The molecular weight excluding hydrogens is 761 g/mol. The van der Waals surface area contributed by atoms with Crippen molar-refractivity contribution in [3.05, 3.63) is 164 Å². The molecule has 0 aliphatic heterocycles. The zero-order valence-corrected chi connectivity index (χ0v) is 35.7. The molecule has 0 spiro atoms. The van der Waals surface area contributed by atoms with Crippen LogP contribution in [0.4, 0.5) is 11.4 Å². The average Bonchev–Trinajstić information content (AvgIpc) is 3.97. The molecule has 0 aliphatic carbocycles. The van der Waals surface area contributed by atoms with E-state index >= 15 is 0 Å². The molecule has 6 aromatic rings. The highest BCUT2D eigenvalue weighted by atomic mass is 32.1. The summed E-state index contributed by atoms with van der Waals surface area (Å²) in [6.07, 6.45) is 8.38. The summed E-state index contributed by atoms with van der Waals surface area (Å²) in [5, 5.41) is 13.3. The first-order valence-corrected chi connectivity index (χ1v) is 21.1. The number of aliphatic hydroxyl groups is 1. The van der Waals surface area contributed by atoms with E-state index in [1.807, 2.05) is 100 Å². The largest absolute Gasteiger partial charge is 0.488 e. The minimum absolute atomic E-state index is 0.122. The average molecular weight is 815 g/mol. The Hall–Kier alpha value is -5.61. The number of hydrogen-bond acceptors (Lipinski definition) is 9. The van der Waals surface area contributed by atoms with E-state index in [0.29, 0.717) is 32.9 Å².